The Kier molecular flexibility index (Phi) is 31.8. The molecule has 0 aliphatic heterocycles. The van der Waals surface area contributed by atoms with Gasteiger partial charge in [0, 0.05) is 12.8 Å². The molecule has 350 valence electrons. The highest BCUT2D eigenvalue weighted by atomic mass is 31.2. The lowest BCUT2D eigenvalue weighted by Crippen LogP contribution is -2.64. The van der Waals surface area contributed by atoms with Crippen molar-refractivity contribution in [1.29, 1.82) is 0 Å². The third-order valence-corrected chi connectivity index (χ3v) is 12.0. The van der Waals surface area contributed by atoms with Crippen LogP contribution >= 0.6 is 15.6 Å². The van der Waals surface area contributed by atoms with E-state index < -0.39 is 83.5 Å². The Labute approximate surface area is 352 Å². The number of esters is 2. The highest BCUT2D eigenvalue weighted by Crippen LogP contribution is 2.49. The molecular formula is C40H79NO16P2. The van der Waals surface area contributed by atoms with Crippen LogP contribution in [0.4, 0.5) is 0 Å². The topological polar surface area (TPSA) is 282 Å². The number of phosphoric ester groups is 2. The van der Waals surface area contributed by atoms with Crippen LogP contribution in [0.3, 0.4) is 0 Å². The summed E-state index contributed by atoms with van der Waals surface area (Å²) >= 11 is 0. The first kappa shape index (κ1) is 56.0. The summed E-state index contributed by atoms with van der Waals surface area (Å²) in [6.07, 6.45) is 13.0. The lowest BCUT2D eigenvalue weighted by molar-refractivity contribution is -0.216. The molecule has 0 aromatic rings. The molecule has 0 heterocycles. The Balaban J connectivity index is 2.61. The van der Waals surface area contributed by atoms with Gasteiger partial charge in [-0.2, -0.15) is 0 Å². The molecule has 1 rings (SSSR count). The number of rotatable bonds is 38. The van der Waals surface area contributed by atoms with Crippen LogP contribution in [0.5, 0.6) is 0 Å². The number of unbranched alkanes of at least 4 members (excludes halogenated alkanes) is 23. The van der Waals surface area contributed by atoms with E-state index in [1.807, 2.05) is 0 Å². The first-order valence-corrected chi connectivity index (χ1v) is 25.3. The fourth-order valence-corrected chi connectivity index (χ4v) is 8.58. The minimum absolute atomic E-state index is 0.0475. The molecule has 9 N–H and O–H groups in total. The van der Waals surface area contributed by atoms with Gasteiger partial charge < -0.3 is 50.3 Å². The largest absolute Gasteiger partial charge is 0.472 e. The van der Waals surface area contributed by atoms with Crippen molar-refractivity contribution in [3.05, 3.63) is 0 Å². The maximum atomic E-state index is 12.9. The van der Waals surface area contributed by atoms with E-state index >= 15 is 0 Å². The summed E-state index contributed by atoms with van der Waals surface area (Å²) in [6, 6.07) is 0. The Hall–Kier alpha value is -1.04. The van der Waals surface area contributed by atoms with Crippen molar-refractivity contribution in [1.82, 2.24) is 0 Å². The number of hydrogen-bond acceptors (Lipinski definition) is 14. The average molecular weight is 892 g/mol. The molecule has 1 saturated carbocycles. The van der Waals surface area contributed by atoms with Crippen LogP contribution in [0.25, 0.3) is 0 Å². The van der Waals surface area contributed by atoms with Gasteiger partial charge in [0.25, 0.3) is 0 Å². The highest BCUT2D eigenvalue weighted by Gasteiger charge is 2.54. The molecule has 1 aliphatic rings. The van der Waals surface area contributed by atoms with Crippen molar-refractivity contribution in [3.8, 4) is 0 Å². The number of carbonyl (C=O) groups excluding carboxylic acids is 2. The van der Waals surface area contributed by atoms with Crippen LogP contribution < -0.4 is 5.73 Å². The predicted molar refractivity (Wildman–Crippen MR) is 222 cm³/mol. The molecule has 1 aliphatic carbocycles. The molecule has 0 amide bonds. The normalized spacial score (nSPS) is 22.5. The van der Waals surface area contributed by atoms with Crippen molar-refractivity contribution < 1.29 is 76.9 Å². The lowest BCUT2D eigenvalue weighted by Gasteiger charge is -2.43. The Morgan fingerprint density at radius 1 is 0.525 bits per heavy atom. The van der Waals surface area contributed by atoms with E-state index in [2.05, 4.69) is 11.4 Å². The summed E-state index contributed by atoms with van der Waals surface area (Å²) in [4.78, 5) is 54.1. The molecule has 0 aromatic carbocycles. The summed E-state index contributed by atoms with van der Waals surface area (Å²) < 4.78 is 49.2. The Morgan fingerprint density at radius 2 is 0.915 bits per heavy atom. The van der Waals surface area contributed by atoms with Gasteiger partial charge in [0.15, 0.2) is 6.10 Å². The molecule has 0 bridgehead atoms. The smallest absolute Gasteiger partial charge is 0.462 e. The standard InChI is InChI=1S/C40H79NO16P2/c1-2-3-4-5-6-7-8-9-13-16-19-22-25-28-34(43)55-32(30-53-33(42)27-24-21-18-15-12-10-11-14-17-20-23-26-29-41)31-54-59(51,52)57-40-37(46)35(44)36(45)39(38(40)47)56-58(48,49)50/h32,35-40,44-47H,2-31,41H2,1H3,(H,51,52)(H2,48,49,50)/t32-,35-,36?,37?,38+,39+,40?/m1/s1. The quantitative estimate of drug-likeness (QED) is 0.0189. The maximum absolute atomic E-state index is 12.9. The molecule has 19 heteroatoms. The van der Waals surface area contributed by atoms with Gasteiger partial charge in [-0.05, 0) is 25.8 Å². The molecular weight excluding hydrogens is 812 g/mol. The fourth-order valence-electron chi connectivity index (χ4n) is 7.04. The third-order valence-electron chi connectivity index (χ3n) is 10.5. The first-order valence-electron chi connectivity index (χ1n) is 22.3. The van der Waals surface area contributed by atoms with Gasteiger partial charge in [0.1, 0.15) is 43.2 Å². The summed E-state index contributed by atoms with van der Waals surface area (Å²) in [7, 11) is -10.7. The number of aliphatic hydroxyl groups excluding tert-OH is 4. The maximum Gasteiger partial charge on any atom is 0.472 e. The Morgan fingerprint density at radius 3 is 1.34 bits per heavy atom. The summed E-state index contributed by atoms with van der Waals surface area (Å²) in [5.74, 6) is -1.21. The van der Waals surface area contributed by atoms with E-state index in [4.69, 9.17) is 34.0 Å². The van der Waals surface area contributed by atoms with Crippen LogP contribution in [-0.2, 0) is 41.8 Å². The molecule has 59 heavy (non-hydrogen) atoms. The van der Waals surface area contributed by atoms with Crippen LogP contribution in [0.15, 0.2) is 0 Å². The van der Waals surface area contributed by atoms with Crippen molar-refractivity contribution in [2.24, 2.45) is 5.73 Å². The first-order chi connectivity index (χ1) is 28.1. The van der Waals surface area contributed by atoms with Crippen molar-refractivity contribution >= 4 is 27.6 Å². The van der Waals surface area contributed by atoms with Crippen LogP contribution in [0, 0.1) is 0 Å². The molecule has 0 aromatic heterocycles. The van der Waals surface area contributed by atoms with Gasteiger partial charge in [-0.25, -0.2) is 9.13 Å². The predicted octanol–water partition coefficient (Wildman–Crippen LogP) is 6.39. The minimum atomic E-state index is -5.36. The van der Waals surface area contributed by atoms with Gasteiger partial charge in [0.2, 0.25) is 0 Å². The SMILES string of the molecule is CCCCCCCCCCCCCCCC(=O)O[C@H](COC(=O)CCCCCCCCCCCCCCN)COP(=O)(O)OC1C(O)[C@H](O)C(O)[C@H](OP(=O)(O)O)[C@@H]1O. The molecule has 17 nitrogen and oxygen atoms in total. The number of nitrogens with two attached hydrogens (primary N) is 1. The molecule has 8 atom stereocenters. The summed E-state index contributed by atoms with van der Waals surface area (Å²) in [5, 5.41) is 41.1. The number of ether oxygens (including phenoxy) is 2. The second kappa shape index (κ2) is 33.5. The van der Waals surface area contributed by atoms with Gasteiger partial charge in [-0.1, -0.05) is 148 Å². The third kappa shape index (κ3) is 28.3. The summed E-state index contributed by atoms with van der Waals surface area (Å²) in [6.45, 7) is 1.63. The van der Waals surface area contributed by atoms with Gasteiger partial charge in [0.05, 0.1) is 6.61 Å². The van der Waals surface area contributed by atoms with Crippen LogP contribution in [0.2, 0.25) is 0 Å². The second-order valence-corrected chi connectivity index (χ2v) is 18.5. The lowest BCUT2D eigenvalue weighted by atomic mass is 9.85. The molecule has 0 saturated heterocycles. The van der Waals surface area contributed by atoms with Crippen molar-refractivity contribution in [2.45, 2.75) is 223 Å². The van der Waals surface area contributed by atoms with Gasteiger partial charge >= 0.3 is 27.6 Å². The zero-order chi connectivity index (χ0) is 43.9. The molecule has 1 fully saturated rings. The van der Waals surface area contributed by atoms with Gasteiger partial charge in [-0.3, -0.25) is 23.2 Å². The average Bonchev–Trinajstić information content (AvgIpc) is 3.18. The minimum Gasteiger partial charge on any atom is -0.462 e. The number of carbonyl (C=O) groups is 2. The van der Waals surface area contributed by atoms with E-state index in [-0.39, 0.29) is 12.8 Å². The second-order valence-electron chi connectivity index (χ2n) is 15.9. The van der Waals surface area contributed by atoms with E-state index in [1.54, 1.807) is 0 Å². The van der Waals surface area contributed by atoms with Crippen molar-refractivity contribution in [3.63, 3.8) is 0 Å². The number of aliphatic hydroxyl groups is 4. The fraction of sp³-hybridized carbons (Fsp3) is 0.950. The summed E-state index contributed by atoms with van der Waals surface area (Å²) in [5.41, 5.74) is 5.53. The molecule has 0 spiro atoms. The van der Waals surface area contributed by atoms with Crippen LogP contribution in [-0.4, -0.2) is 110 Å². The van der Waals surface area contributed by atoms with E-state index in [1.165, 1.54) is 89.9 Å². The molecule has 4 unspecified atom stereocenters. The zero-order valence-electron chi connectivity index (χ0n) is 35.5. The van der Waals surface area contributed by atoms with Crippen molar-refractivity contribution in [2.75, 3.05) is 19.8 Å². The zero-order valence-corrected chi connectivity index (χ0v) is 37.3. The van der Waals surface area contributed by atoms with E-state index in [9.17, 15) is 44.0 Å². The highest BCUT2D eigenvalue weighted by molar-refractivity contribution is 7.47. The molecule has 0 radical (unpaired) electrons. The monoisotopic (exact) mass is 891 g/mol. The number of hydrogen-bond donors (Lipinski definition) is 8. The van der Waals surface area contributed by atoms with E-state index in [0.717, 1.165) is 64.3 Å². The Bertz CT molecular complexity index is 1180. The van der Waals surface area contributed by atoms with E-state index in [0.29, 0.717) is 12.8 Å². The number of phosphoric acid groups is 2. The van der Waals surface area contributed by atoms with Gasteiger partial charge in [-0.15, -0.1) is 0 Å². The van der Waals surface area contributed by atoms with Crippen LogP contribution in [0.1, 0.15) is 180 Å².